The minimum atomic E-state index is -3.79. The zero-order chi connectivity index (χ0) is 22.9. The van der Waals surface area contributed by atoms with Crippen molar-refractivity contribution >= 4 is 27.5 Å². The number of benzene rings is 2. The molecule has 0 saturated carbocycles. The van der Waals surface area contributed by atoms with E-state index in [0.717, 1.165) is 0 Å². The number of amides is 2. The highest BCUT2D eigenvalue weighted by molar-refractivity contribution is 7.89. The fourth-order valence-corrected chi connectivity index (χ4v) is 5.17. The van der Waals surface area contributed by atoms with Gasteiger partial charge in [-0.1, -0.05) is 12.1 Å². The third-order valence-electron chi connectivity index (χ3n) is 5.46. The minimum Gasteiger partial charge on any atom is -0.493 e. The van der Waals surface area contributed by atoms with Crippen molar-refractivity contribution in [1.82, 2.24) is 9.21 Å². The summed E-state index contributed by atoms with van der Waals surface area (Å²) in [7, 11) is -3.79. The Labute approximate surface area is 187 Å². The topological polar surface area (TPSA) is 105 Å². The van der Waals surface area contributed by atoms with Crippen LogP contribution in [0.1, 0.15) is 24.2 Å². The molecule has 0 unspecified atom stereocenters. The monoisotopic (exact) mass is 459 g/mol. The summed E-state index contributed by atoms with van der Waals surface area (Å²) in [5, 5.41) is 2.67. The molecular formula is C22H25N3O6S. The van der Waals surface area contributed by atoms with Crippen molar-refractivity contribution in [3.8, 4) is 11.5 Å². The molecule has 10 heteroatoms. The molecule has 0 aromatic heterocycles. The van der Waals surface area contributed by atoms with Gasteiger partial charge < -0.3 is 19.7 Å². The molecule has 2 aliphatic heterocycles. The van der Waals surface area contributed by atoms with Crippen molar-refractivity contribution in [3.05, 3.63) is 48.0 Å². The number of rotatable bonds is 5. The van der Waals surface area contributed by atoms with E-state index in [1.165, 1.54) is 16.4 Å². The van der Waals surface area contributed by atoms with Crippen LogP contribution in [0.15, 0.2) is 47.4 Å². The van der Waals surface area contributed by atoms with Gasteiger partial charge in [0, 0.05) is 26.2 Å². The van der Waals surface area contributed by atoms with Crippen LogP contribution in [0, 0.1) is 0 Å². The number of ether oxygens (including phenoxy) is 2. The number of anilines is 1. The molecule has 32 heavy (non-hydrogen) atoms. The SMILES string of the molecule is CCOc1ccccc1C(=O)N1CCN(S(=O)(=O)c2ccc3c(c2)NC(=O)[C@H](C)O3)CC1. The minimum absolute atomic E-state index is 0.0659. The highest BCUT2D eigenvalue weighted by Gasteiger charge is 2.32. The van der Waals surface area contributed by atoms with E-state index in [1.807, 2.05) is 6.92 Å². The van der Waals surface area contributed by atoms with Crippen LogP contribution in [0.5, 0.6) is 11.5 Å². The van der Waals surface area contributed by atoms with E-state index in [2.05, 4.69) is 5.32 Å². The summed E-state index contributed by atoms with van der Waals surface area (Å²) in [5.74, 6) is 0.433. The lowest BCUT2D eigenvalue weighted by Gasteiger charge is -2.34. The quantitative estimate of drug-likeness (QED) is 0.733. The van der Waals surface area contributed by atoms with Crippen LogP contribution in [0.3, 0.4) is 0 Å². The summed E-state index contributed by atoms with van der Waals surface area (Å²) >= 11 is 0. The second kappa shape index (κ2) is 8.79. The van der Waals surface area contributed by atoms with Crippen LogP contribution in [-0.4, -0.2) is 68.3 Å². The number of nitrogens with one attached hydrogen (secondary N) is 1. The lowest BCUT2D eigenvalue weighted by Crippen LogP contribution is -2.50. The van der Waals surface area contributed by atoms with Gasteiger partial charge in [0.1, 0.15) is 11.5 Å². The molecule has 170 valence electrons. The first kappa shape index (κ1) is 22.1. The van der Waals surface area contributed by atoms with Crippen LogP contribution >= 0.6 is 0 Å². The van der Waals surface area contributed by atoms with Crippen LogP contribution < -0.4 is 14.8 Å². The zero-order valence-corrected chi connectivity index (χ0v) is 18.7. The summed E-state index contributed by atoms with van der Waals surface area (Å²) in [6.45, 7) is 4.78. The Kier molecular flexibility index (Phi) is 6.07. The Morgan fingerprint density at radius 1 is 1.16 bits per heavy atom. The van der Waals surface area contributed by atoms with E-state index in [9.17, 15) is 18.0 Å². The van der Waals surface area contributed by atoms with Gasteiger partial charge in [-0.25, -0.2) is 8.42 Å². The predicted molar refractivity (Wildman–Crippen MR) is 117 cm³/mol. The van der Waals surface area contributed by atoms with Crippen molar-refractivity contribution < 1.29 is 27.5 Å². The van der Waals surface area contributed by atoms with E-state index < -0.39 is 16.1 Å². The summed E-state index contributed by atoms with van der Waals surface area (Å²) in [6.07, 6.45) is -0.636. The van der Waals surface area contributed by atoms with E-state index in [1.54, 1.807) is 42.2 Å². The van der Waals surface area contributed by atoms with Gasteiger partial charge in [0.2, 0.25) is 10.0 Å². The Morgan fingerprint density at radius 2 is 1.88 bits per heavy atom. The average molecular weight is 460 g/mol. The van der Waals surface area contributed by atoms with E-state index in [0.29, 0.717) is 29.4 Å². The molecule has 4 rings (SSSR count). The molecule has 2 aliphatic rings. The number of carbonyl (C=O) groups excluding carboxylic acids is 2. The number of sulfonamides is 1. The molecule has 1 fully saturated rings. The molecule has 1 N–H and O–H groups in total. The standard InChI is InChI=1S/C22H25N3O6S/c1-3-30-19-7-5-4-6-17(19)22(27)24-10-12-25(13-11-24)32(28,29)16-8-9-20-18(14-16)23-21(26)15(2)31-20/h4-9,14-15H,3,10-13H2,1-2H3,(H,23,26)/t15-/m0/s1. The molecule has 2 aromatic carbocycles. The molecule has 0 radical (unpaired) electrons. The summed E-state index contributed by atoms with van der Waals surface area (Å²) < 4.78 is 38.7. The second-order valence-corrected chi connectivity index (χ2v) is 9.47. The van der Waals surface area contributed by atoms with Gasteiger partial charge in [-0.2, -0.15) is 4.31 Å². The third-order valence-corrected chi connectivity index (χ3v) is 7.36. The maximum atomic E-state index is 13.2. The van der Waals surface area contributed by atoms with Gasteiger partial charge in [0.05, 0.1) is 22.8 Å². The van der Waals surface area contributed by atoms with Gasteiger partial charge in [-0.15, -0.1) is 0 Å². The summed E-state index contributed by atoms with van der Waals surface area (Å²) in [6, 6.07) is 11.5. The fraction of sp³-hybridized carbons (Fsp3) is 0.364. The van der Waals surface area contributed by atoms with Gasteiger partial charge in [0.25, 0.3) is 11.8 Å². The fourth-order valence-electron chi connectivity index (χ4n) is 3.72. The number of nitrogens with zero attached hydrogens (tertiary/aromatic N) is 2. The van der Waals surface area contributed by atoms with Crippen molar-refractivity contribution in [1.29, 1.82) is 0 Å². The zero-order valence-electron chi connectivity index (χ0n) is 17.9. The Morgan fingerprint density at radius 3 is 2.59 bits per heavy atom. The van der Waals surface area contributed by atoms with Gasteiger partial charge >= 0.3 is 0 Å². The largest absolute Gasteiger partial charge is 0.493 e. The van der Waals surface area contributed by atoms with Crippen LogP contribution in [0.25, 0.3) is 0 Å². The number of carbonyl (C=O) groups is 2. The van der Waals surface area contributed by atoms with E-state index in [-0.39, 0.29) is 42.9 Å². The van der Waals surface area contributed by atoms with Crippen LogP contribution in [0.2, 0.25) is 0 Å². The lowest BCUT2D eigenvalue weighted by atomic mass is 10.1. The van der Waals surface area contributed by atoms with Crippen LogP contribution in [0.4, 0.5) is 5.69 Å². The van der Waals surface area contributed by atoms with Gasteiger partial charge in [-0.05, 0) is 44.2 Å². The first-order valence-electron chi connectivity index (χ1n) is 10.4. The van der Waals surface area contributed by atoms with Crippen molar-refractivity contribution in [2.24, 2.45) is 0 Å². The molecule has 2 amide bonds. The van der Waals surface area contributed by atoms with Gasteiger partial charge in [0.15, 0.2) is 6.10 Å². The number of piperazine rings is 1. The Balaban J connectivity index is 1.47. The van der Waals surface area contributed by atoms with E-state index >= 15 is 0 Å². The molecule has 9 nitrogen and oxygen atoms in total. The number of hydrogen-bond acceptors (Lipinski definition) is 6. The van der Waals surface area contributed by atoms with E-state index in [4.69, 9.17) is 9.47 Å². The Hall–Kier alpha value is -3.11. The first-order chi connectivity index (χ1) is 15.3. The number of fused-ring (bicyclic) bond motifs is 1. The third kappa shape index (κ3) is 4.15. The van der Waals surface area contributed by atoms with Crippen LogP contribution in [-0.2, 0) is 14.8 Å². The maximum Gasteiger partial charge on any atom is 0.265 e. The predicted octanol–water partition coefficient (Wildman–Crippen LogP) is 1.95. The van der Waals surface area contributed by atoms with Crippen molar-refractivity contribution in [2.45, 2.75) is 24.8 Å². The normalized spacial score (nSPS) is 19.0. The lowest BCUT2D eigenvalue weighted by molar-refractivity contribution is -0.122. The molecule has 2 heterocycles. The van der Waals surface area contributed by atoms with Gasteiger partial charge in [-0.3, -0.25) is 9.59 Å². The molecular weight excluding hydrogens is 434 g/mol. The molecule has 1 atom stereocenters. The highest BCUT2D eigenvalue weighted by atomic mass is 32.2. The van der Waals surface area contributed by atoms with Crippen molar-refractivity contribution in [3.63, 3.8) is 0 Å². The first-order valence-corrected chi connectivity index (χ1v) is 11.9. The summed E-state index contributed by atoms with van der Waals surface area (Å²) in [4.78, 5) is 26.5. The smallest absolute Gasteiger partial charge is 0.265 e. The molecule has 2 aromatic rings. The molecule has 0 bridgehead atoms. The highest BCUT2D eigenvalue weighted by Crippen LogP contribution is 2.33. The van der Waals surface area contributed by atoms with Crippen molar-refractivity contribution in [2.75, 3.05) is 38.1 Å². The molecule has 0 aliphatic carbocycles. The Bertz CT molecular complexity index is 1140. The molecule has 1 saturated heterocycles. The average Bonchev–Trinajstić information content (AvgIpc) is 2.80. The summed E-state index contributed by atoms with van der Waals surface area (Å²) in [5.41, 5.74) is 0.792. The number of hydrogen-bond donors (Lipinski definition) is 1. The number of para-hydroxylation sites is 1. The second-order valence-electron chi connectivity index (χ2n) is 7.53. The molecule has 0 spiro atoms. The maximum absolute atomic E-state index is 13.2.